The minimum Gasteiger partial charge on any atom is -0.491 e. The fourth-order valence-electron chi connectivity index (χ4n) is 0.990. The highest BCUT2D eigenvalue weighted by molar-refractivity contribution is 7.27. The molecule has 0 bridgehead atoms. The van der Waals surface area contributed by atoms with Gasteiger partial charge in [0.05, 0.1) is 6.61 Å². The predicted molar refractivity (Wildman–Crippen MR) is 53.1 cm³/mol. The van der Waals surface area contributed by atoms with E-state index in [4.69, 9.17) is 9.84 Å². The summed E-state index contributed by atoms with van der Waals surface area (Å²) in [6.07, 6.45) is 0. The molecule has 1 N–H and O–H groups in total. The summed E-state index contributed by atoms with van der Waals surface area (Å²) >= 11 is 0. The van der Waals surface area contributed by atoms with E-state index < -0.39 is 0 Å². The Kier molecular flexibility index (Phi) is 3.51. The molecule has 0 aliphatic carbocycles. The third-order valence-corrected chi connectivity index (χ3v) is 1.91. The van der Waals surface area contributed by atoms with Crippen LogP contribution in [0.1, 0.15) is 5.56 Å². The Morgan fingerprint density at radius 3 is 2.83 bits per heavy atom. The molecule has 0 fully saturated rings. The molecule has 0 saturated carbocycles. The van der Waals surface area contributed by atoms with Crippen LogP contribution >= 0.6 is 9.24 Å². The van der Waals surface area contributed by atoms with Crippen LogP contribution in [-0.4, -0.2) is 18.3 Å². The maximum Gasteiger partial charge on any atom is 0.122 e. The number of aryl methyl sites for hydroxylation is 1. The van der Waals surface area contributed by atoms with Crippen LogP contribution < -0.4 is 10.0 Å². The highest BCUT2D eigenvalue weighted by Gasteiger charge is 1.97. The van der Waals surface area contributed by atoms with E-state index in [1.54, 1.807) is 0 Å². The Morgan fingerprint density at radius 2 is 2.25 bits per heavy atom. The zero-order chi connectivity index (χ0) is 8.97. The third-order valence-electron chi connectivity index (χ3n) is 1.55. The van der Waals surface area contributed by atoms with Crippen LogP contribution in [0.5, 0.6) is 5.75 Å². The van der Waals surface area contributed by atoms with Crippen molar-refractivity contribution < 1.29 is 9.84 Å². The number of aliphatic hydroxyl groups excluding tert-OH is 1. The summed E-state index contributed by atoms with van der Waals surface area (Å²) in [6.45, 7) is 2.40. The zero-order valence-electron chi connectivity index (χ0n) is 7.08. The molecule has 1 aromatic carbocycles. The monoisotopic (exact) mass is 184 g/mol. The van der Waals surface area contributed by atoms with E-state index in [9.17, 15) is 0 Å². The highest BCUT2D eigenvalue weighted by atomic mass is 31.0. The minimum absolute atomic E-state index is 0.0576. The standard InChI is InChI=1S/C9H13O2P/c1-7-6-8(12)2-3-9(7)11-5-4-10/h2-3,6,10H,4-5,12H2,1H3. The van der Waals surface area contributed by atoms with Crippen molar-refractivity contribution in [3.05, 3.63) is 23.8 Å². The Balaban J connectivity index is 2.72. The molecule has 0 aliphatic heterocycles. The van der Waals surface area contributed by atoms with E-state index >= 15 is 0 Å². The number of aliphatic hydroxyl groups is 1. The van der Waals surface area contributed by atoms with E-state index in [0.29, 0.717) is 6.61 Å². The number of ether oxygens (including phenoxy) is 1. The molecule has 0 radical (unpaired) electrons. The van der Waals surface area contributed by atoms with E-state index in [1.807, 2.05) is 25.1 Å². The first-order chi connectivity index (χ1) is 5.74. The van der Waals surface area contributed by atoms with Crippen molar-refractivity contribution in [1.82, 2.24) is 0 Å². The van der Waals surface area contributed by atoms with Crippen LogP contribution in [0.4, 0.5) is 0 Å². The molecule has 0 heterocycles. The molecule has 1 aromatic rings. The number of hydrogen-bond acceptors (Lipinski definition) is 2. The average Bonchev–Trinajstić information content (AvgIpc) is 2.03. The molecule has 66 valence electrons. The molecular weight excluding hydrogens is 171 g/mol. The van der Waals surface area contributed by atoms with Gasteiger partial charge in [0.1, 0.15) is 12.4 Å². The number of benzene rings is 1. The Bertz CT molecular complexity index is 261. The molecular formula is C9H13O2P. The van der Waals surface area contributed by atoms with Crippen LogP contribution in [0.3, 0.4) is 0 Å². The quantitative estimate of drug-likeness (QED) is 0.706. The smallest absolute Gasteiger partial charge is 0.122 e. The van der Waals surface area contributed by atoms with Crippen LogP contribution in [0.15, 0.2) is 18.2 Å². The van der Waals surface area contributed by atoms with Gasteiger partial charge in [0.25, 0.3) is 0 Å². The topological polar surface area (TPSA) is 29.5 Å². The molecule has 1 unspecified atom stereocenters. The molecule has 1 atom stereocenters. The second-order valence-electron chi connectivity index (χ2n) is 2.60. The van der Waals surface area contributed by atoms with Gasteiger partial charge in [0, 0.05) is 0 Å². The molecule has 0 aliphatic rings. The fourth-order valence-corrected chi connectivity index (χ4v) is 1.34. The van der Waals surface area contributed by atoms with Crippen LogP contribution in [0.25, 0.3) is 0 Å². The van der Waals surface area contributed by atoms with Crippen molar-refractivity contribution in [2.45, 2.75) is 6.92 Å². The van der Waals surface area contributed by atoms with E-state index in [2.05, 4.69) is 9.24 Å². The van der Waals surface area contributed by atoms with Crippen molar-refractivity contribution >= 4 is 14.5 Å². The highest BCUT2D eigenvalue weighted by Crippen LogP contribution is 2.15. The van der Waals surface area contributed by atoms with E-state index in [-0.39, 0.29) is 6.61 Å². The maximum atomic E-state index is 8.54. The molecule has 1 rings (SSSR count). The Labute approximate surface area is 74.8 Å². The van der Waals surface area contributed by atoms with Crippen molar-refractivity contribution in [1.29, 1.82) is 0 Å². The Morgan fingerprint density at radius 1 is 1.50 bits per heavy atom. The molecule has 2 nitrogen and oxygen atoms in total. The van der Waals surface area contributed by atoms with Gasteiger partial charge >= 0.3 is 0 Å². The average molecular weight is 184 g/mol. The van der Waals surface area contributed by atoms with Gasteiger partial charge in [-0.25, -0.2) is 0 Å². The van der Waals surface area contributed by atoms with Crippen molar-refractivity contribution in [3.8, 4) is 5.75 Å². The van der Waals surface area contributed by atoms with E-state index in [0.717, 1.165) is 16.6 Å². The normalized spacial score (nSPS) is 9.92. The van der Waals surface area contributed by atoms with Gasteiger partial charge in [-0.15, -0.1) is 9.24 Å². The largest absolute Gasteiger partial charge is 0.491 e. The second-order valence-corrected chi connectivity index (χ2v) is 3.26. The molecule has 12 heavy (non-hydrogen) atoms. The molecule has 3 heteroatoms. The lowest BCUT2D eigenvalue weighted by atomic mass is 10.2. The first kappa shape index (κ1) is 9.50. The van der Waals surface area contributed by atoms with Crippen LogP contribution in [0, 0.1) is 6.92 Å². The summed E-state index contributed by atoms with van der Waals surface area (Å²) in [5, 5.41) is 9.69. The molecule has 0 aromatic heterocycles. The lowest BCUT2D eigenvalue weighted by Gasteiger charge is -2.07. The molecule has 0 saturated heterocycles. The van der Waals surface area contributed by atoms with Crippen molar-refractivity contribution in [2.24, 2.45) is 0 Å². The summed E-state index contributed by atoms with van der Waals surface area (Å²) in [4.78, 5) is 0. The summed E-state index contributed by atoms with van der Waals surface area (Å²) < 4.78 is 5.28. The number of hydrogen-bond donors (Lipinski definition) is 1. The molecule has 0 spiro atoms. The minimum atomic E-state index is 0.0576. The lowest BCUT2D eigenvalue weighted by molar-refractivity contribution is 0.200. The molecule has 0 amide bonds. The summed E-state index contributed by atoms with van der Waals surface area (Å²) in [5.41, 5.74) is 1.09. The van der Waals surface area contributed by atoms with Gasteiger partial charge in [0.15, 0.2) is 0 Å². The van der Waals surface area contributed by atoms with Crippen molar-refractivity contribution in [3.63, 3.8) is 0 Å². The van der Waals surface area contributed by atoms with Crippen LogP contribution in [0.2, 0.25) is 0 Å². The summed E-state index contributed by atoms with van der Waals surface area (Å²) in [5.74, 6) is 0.843. The number of rotatable bonds is 3. The van der Waals surface area contributed by atoms with E-state index in [1.165, 1.54) is 0 Å². The van der Waals surface area contributed by atoms with Gasteiger partial charge in [0.2, 0.25) is 0 Å². The van der Waals surface area contributed by atoms with Gasteiger partial charge in [-0.2, -0.15) is 0 Å². The zero-order valence-corrected chi connectivity index (χ0v) is 8.23. The summed E-state index contributed by atoms with van der Waals surface area (Å²) in [6, 6.07) is 5.90. The van der Waals surface area contributed by atoms with Gasteiger partial charge in [-0.05, 0) is 29.9 Å². The predicted octanol–water partition coefficient (Wildman–Crippen LogP) is 0.867. The van der Waals surface area contributed by atoms with Gasteiger partial charge in [-0.3, -0.25) is 0 Å². The second kappa shape index (κ2) is 4.44. The maximum absolute atomic E-state index is 8.54. The lowest BCUT2D eigenvalue weighted by Crippen LogP contribution is -2.04. The first-order valence-electron chi connectivity index (χ1n) is 3.84. The van der Waals surface area contributed by atoms with Crippen molar-refractivity contribution in [2.75, 3.05) is 13.2 Å². The Hall–Kier alpha value is -0.590. The summed E-state index contributed by atoms with van der Waals surface area (Å²) in [7, 11) is 2.63. The van der Waals surface area contributed by atoms with Gasteiger partial charge in [-0.1, -0.05) is 6.07 Å². The first-order valence-corrected chi connectivity index (χ1v) is 4.41. The van der Waals surface area contributed by atoms with Gasteiger partial charge < -0.3 is 9.84 Å². The SMILES string of the molecule is Cc1cc(P)ccc1OCCO. The third kappa shape index (κ3) is 2.47. The fraction of sp³-hybridized carbons (Fsp3) is 0.333. The van der Waals surface area contributed by atoms with Crippen LogP contribution in [-0.2, 0) is 0 Å².